The minimum Gasteiger partial charge on any atom is -0.481 e. The van der Waals surface area contributed by atoms with Crippen molar-refractivity contribution in [3.63, 3.8) is 0 Å². The van der Waals surface area contributed by atoms with Crippen molar-refractivity contribution in [2.24, 2.45) is 5.92 Å². The van der Waals surface area contributed by atoms with Gasteiger partial charge in [0.25, 0.3) is 0 Å². The SMILES string of the molecule is CC(C(=O)O)C(=O)N1CCCCCC1C. The van der Waals surface area contributed by atoms with Gasteiger partial charge in [-0.2, -0.15) is 0 Å². The van der Waals surface area contributed by atoms with Crippen LogP contribution in [0.3, 0.4) is 0 Å². The Bertz CT molecular complexity index is 252. The lowest BCUT2D eigenvalue weighted by atomic mass is 10.1. The van der Waals surface area contributed by atoms with Crippen LogP contribution in [-0.2, 0) is 9.59 Å². The fraction of sp³-hybridized carbons (Fsp3) is 0.818. The van der Waals surface area contributed by atoms with E-state index < -0.39 is 11.9 Å². The normalized spacial score (nSPS) is 24.4. The van der Waals surface area contributed by atoms with Gasteiger partial charge < -0.3 is 10.0 Å². The van der Waals surface area contributed by atoms with Crippen molar-refractivity contribution in [1.29, 1.82) is 0 Å². The molecule has 86 valence electrons. The molecule has 0 aromatic rings. The Morgan fingerprint density at radius 2 is 2.00 bits per heavy atom. The van der Waals surface area contributed by atoms with E-state index in [2.05, 4.69) is 0 Å². The van der Waals surface area contributed by atoms with Crippen LogP contribution in [0.4, 0.5) is 0 Å². The van der Waals surface area contributed by atoms with Gasteiger partial charge in [-0.05, 0) is 26.7 Å². The molecule has 0 bridgehead atoms. The standard InChI is InChI=1S/C11H19NO3/c1-8-6-4-3-5-7-12(8)10(13)9(2)11(14)15/h8-9H,3-7H2,1-2H3,(H,14,15). The summed E-state index contributed by atoms with van der Waals surface area (Å²) in [5, 5.41) is 8.79. The van der Waals surface area contributed by atoms with Gasteiger partial charge in [0.2, 0.25) is 5.91 Å². The third-order valence-corrected chi connectivity index (χ3v) is 3.08. The lowest BCUT2D eigenvalue weighted by Crippen LogP contribution is -2.43. The largest absolute Gasteiger partial charge is 0.481 e. The molecule has 0 saturated carbocycles. The highest BCUT2D eigenvalue weighted by Gasteiger charge is 2.29. The number of carboxylic acid groups (broad SMARTS) is 1. The second-order valence-electron chi connectivity index (χ2n) is 4.29. The van der Waals surface area contributed by atoms with Crippen LogP contribution in [0.1, 0.15) is 39.5 Å². The van der Waals surface area contributed by atoms with Crippen molar-refractivity contribution >= 4 is 11.9 Å². The minimum atomic E-state index is -1.03. The van der Waals surface area contributed by atoms with Crippen LogP contribution in [0, 0.1) is 5.92 Å². The first-order valence-electron chi connectivity index (χ1n) is 5.57. The second kappa shape index (κ2) is 5.14. The van der Waals surface area contributed by atoms with Crippen molar-refractivity contribution in [2.75, 3.05) is 6.54 Å². The molecule has 1 amide bonds. The summed E-state index contributed by atoms with van der Waals surface area (Å²) in [5.41, 5.74) is 0. The van der Waals surface area contributed by atoms with E-state index in [4.69, 9.17) is 5.11 Å². The number of amides is 1. The first kappa shape index (κ1) is 12.0. The zero-order valence-electron chi connectivity index (χ0n) is 9.40. The molecule has 1 N–H and O–H groups in total. The van der Waals surface area contributed by atoms with Gasteiger partial charge in [-0.3, -0.25) is 9.59 Å². The molecule has 1 aliphatic heterocycles. The number of rotatable bonds is 2. The molecule has 4 heteroatoms. The zero-order valence-corrected chi connectivity index (χ0v) is 9.40. The van der Waals surface area contributed by atoms with Crippen LogP contribution in [0.2, 0.25) is 0 Å². The maximum atomic E-state index is 11.8. The Kier molecular flexibility index (Phi) is 4.12. The molecule has 1 heterocycles. The van der Waals surface area contributed by atoms with Crippen molar-refractivity contribution in [2.45, 2.75) is 45.6 Å². The lowest BCUT2D eigenvalue weighted by Gasteiger charge is -2.28. The average Bonchev–Trinajstić information content (AvgIpc) is 2.40. The number of carboxylic acids is 1. The summed E-state index contributed by atoms with van der Waals surface area (Å²) in [6.07, 6.45) is 4.24. The van der Waals surface area contributed by atoms with Crippen LogP contribution in [0.15, 0.2) is 0 Å². The van der Waals surface area contributed by atoms with Crippen LogP contribution in [0.25, 0.3) is 0 Å². The molecule has 1 saturated heterocycles. The van der Waals surface area contributed by atoms with Crippen LogP contribution < -0.4 is 0 Å². The number of likely N-dealkylation sites (tertiary alicyclic amines) is 1. The smallest absolute Gasteiger partial charge is 0.315 e. The van der Waals surface area contributed by atoms with Gasteiger partial charge >= 0.3 is 5.97 Å². The average molecular weight is 213 g/mol. The summed E-state index contributed by atoms with van der Waals surface area (Å²) in [6.45, 7) is 4.16. The summed E-state index contributed by atoms with van der Waals surface area (Å²) < 4.78 is 0. The molecule has 0 aromatic carbocycles. The van der Waals surface area contributed by atoms with Crippen molar-refractivity contribution < 1.29 is 14.7 Å². The number of nitrogens with zero attached hydrogens (tertiary/aromatic N) is 1. The van der Waals surface area contributed by atoms with Gasteiger partial charge in [0.1, 0.15) is 5.92 Å². The van der Waals surface area contributed by atoms with Crippen molar-refractivity contribution in [3.05, 3.63) is 0 Å². The Labute approximate surface area is 90.3 Å². The first-order chi connectivity index (χ1) is 7.04. The third kappa shape index (κ3) is 2.94. The van der Waals surface area contributed by atoms with E-state index >= 15 is 0 Å². The maximum absolute atomic E-state index is 11.8. The summed E-state index contributed by atoms with van der Waals surface area (Å²) in [7, 11) is 0. The fourth-order valence-electron chi connectivity index (χ4n) is 1.96. The summed E-state index contributed by atoms with van der Waals surface area (Å²) >= 11 is 0. The molecular formula is C11H19NO3. The van der Waals surface area contributed by atoms with E-state index in [9.17, 15) is 9.59 Å². The number of hydrogen-bond acceptors (Lipinski definition) is 2. The van der Waals surface area contributed by atoms with Crippen molar-refractivity contribution in [3.8, 4) is 0 Å². The van der Waals surface area contributed by atoms with E-state index in [1.54, 1.807) is 4.90 Å². The van der Waals surface area contributed by atoms with Gasteiger partial charge in [-0.1, -0.05) is 12.8 Å². The van der Waals surface area contributed by atoms with Crippen LogP contribution in [-0.4, -0.2) is 34.5 Å². The molecule has 0 aliphatic carbocycles. The lowest BCUT2D eigenvalue weighted by molar-refractivity contribution is -0.151. The first-order valence-corrected chi connectivity index (χ1v) is 5.57. The summed E-state index contributed by atoms with van der Waals surface area (Å²) in [5.74, 6) is -2.18. The molecule has 1 aliphatic rings. The molecule has 1 rings (SSSR count). The number of hydrogen-bond donors (Lipinski definition) is 1. The second-order valence-corrected chi connectivity index (χ2v) is 4.29. The third-order valence-electron chi connectivity index (χ3n) is 3.08. The Hall–Kier alpha value is -1.06. The van der Waals surface area contributed by atoms with Gasteiger partial charge in [0.05, 0.1) is 0 Å². The van der Waals surface area contributed by atoms with E-state index in [1.165, 1.54) is 6.92 Å². The highest BCUT2D eigenvalue weighted by Crippen LogP contribution is 2.18. The van der Waals surface area contributed by atoms with E-state index in [1.807, 2.05) is 6.92 Å². The van der Waals surface area contributed by atoms with Crippen LogP contribution >= 0.6 is 0 Å². The van der Waals surface area contributed by atoms with Gasteiger partial charge in [0, 0.05) is 12.6 Å². The maximum Gasteiger partial charge on any atom is 0.315 e. The minimum absolute atomic E-state index is 0.182. The molecule has 2 unspecified atom stereocenters. The molecule has 0 radical (unpaired) electrons. The Balaban J connectivity index is 2.67. The molecule has 0 aromatic heterocycles. The quantitative estimate of drug-likeness (QED) is 0.707. The Morgan fingerprint density at radius 3 is 2.60 bits per heavy atom. The molecule has 15 heavy (non-hydrogen) atoms. The summed E-state index contributed by atoms with van der Waals surface area (Å²) in [6, 6.07) is 0.182. The number of aliphatic carboxylic acids is 1. The molecule has 0 spiro atoms. The van der Waals surface area contributed by atoms with E-state index in [-0.39, 0.29) is 11.9 Å². The van der Waals surface area contributed by atoms with E-state index in [0.717, 1.165) is 25.7 Å². The fourth-order valence-corrected chi connectivity index (χ4v) is 1.96. The summed E-state index contributed by atoms with van der Waals surface area (Å²) in [4.78, 5) is 24.3. The number of carbonyl (C=O) groups excluding carboxylic acids is 1. The molecule has 2 atom stereocenters. The predicted molar refractivity (Wildman–Crippen MR) is 56.4 cm³/mol. The van der Waals surface area contributed by atoms with Gasteiger partial charge in [-0.25, -0.2) is 0 Å². The van der Waals surface area contributed by atoms with Crippen LogP contribution in [0.5, 0.6) is 0 Å². The zero-order chi connectivity index (χ0) is 11.4. The monoisotopic (exact) mass is 213 g/mol. The predicted octanol–water partition coefficient (Wildman–Crippen LogP) is 1.50. The van der Waals surface area contributed by atoms with Gasteiger partial charge in [0.15, 0.2) is 0 Å². The van der Waals surface area contributed by atoms with E-state index in [0.29, 0.717) is 6.54 Å². The topological polar surface area (TPSA) is 57.6 Å². The molecule has 4 nitrogen and oxygen atoms in total. The number of carbonyl (C=O) groups is 2. The molecule has 1 fully saturated rings. The van der Waals surface area contributed by atoms with Crippen molar-refractivity contribution in [1.82, 2.24) is 4.90 Å². The highest BCUT2D eigenvalue weighted by molar-refractivity contribution is 5.96. The van der Waals surface area contributed by atoms with Gasteiger partial charge in [-0.15, -0.1) is 0 Å². The Morgan fingerprint density at radius 1 is 1.33 bits per heavy atom. The molecular weight excluding hydrogens is 194 g/mol. The highest BCUT2D eigenvalue weighted by atomic mass is 16.4.